The Balaban J connectivity index is 1.72. The Bertz CT molecular complexity index is 1480. The molecule has 1 saturated heterocycles. The number of halogens is 1. The third kappa shape index (κ3) is 3.78. The van der Waals surface area contributed by atoms with E-state index in [1.54, 1.807) is 31.4 Å². The van der Waals surface area contributed by atoms with E-state index in [0.29, 0.717) is 22.0 Å². The third-order valence-corrected chi connectivity index (χ3v) is 7.22. The lowest BCUT2D eigenvalue weighted by atomic mass is 9.95. The first-order valence-corrected chi connectivity index (χ1v) is 12.1. The summed E-state index contributed by atoms with van der Waals surface area (Å²) in [5.41, 5.74) is 2.94. The number of aromatic nitrogens is 1. The van der Waals surface area contributed by atoms with Gasteiger partial charge in [0.25, 0.3) is 5.78 Å². The number of ketones is 1. The summed E-state index contributed by atoms with van der Waals surface area (Å²) >= 11 is 4.82. The molecule has 5 rings (SSSR count). The van der Waals surface area contributed by atoms with Crippen LogP contribution in [0.25, 0.3) is 16.0 Å². The van der Waals surface area contributed by atoms with Crippen molar-refractivity contribution in [1.82, 2.24) is 4.98 Å². The van der Waals surface area contributed by atoms with Gasteiger partial charge < -0.3 is 9.84 Å². The molecule has 0 bridgehead atoms. The van der Waals surface area contributed by atoms with Gasteiger partial charge in [-0.1, -0.05) is 45.5 Å². The van der Waals surface area contributed by atoms with Crippen LogP contribution < -0.4 is 9.64 Å². The van der Waals surface area contributed by atoms with Crippen LogP contribution in [0, 0.1) is 6.92 Å². The first-order chi connectivity index (χ1) is 16.4. The Labute approximate surface area is 208 Å². The van der Waals surface area contributed by atoms with Crippen LogP contribution in [0.15, 0.2) is 76.8 Å². The molecule has 1 aliphatic rings. The predicted molar refractivity (Wildman–Crippen MR) is 136 cm³/mol. The molecule has 0 spiro atoms. The topological polar surface area (TPSA) is 79.7 Å². The SMILES string of the molecule is COc1ccc(C(O)=C2C(=O)C(=O)N(c3nc4ccc(C)cc4s3)[C@H]2c2cccc(Br)c2)cc1. The number of methoxy groups -OCH3 is 1. The van der Waals surface area contributed by atoms with Gasteiger partial charge in [-0.25, -0.2) is 4.98 Å². The van der Waals surface area contributed by atoms with Crippen molar-refractivity contribution in [3.05, 3.63) is 93.5 Å². The monoisotopic (exact) mass is 534 g/mol. The number of fused-ring (bicyclic) bond motifs is 1. The molecular weight excluding hydrogens is 516 g/mol. The van der Waals surface area contributed by atoms with Crippen LogP contribution in [0.5, 0.6) is 5.75 Å². The second-order valence-corrected chi connectivity index (χ2v) is 9.84. The maximum Gasteiger partial charge on any atom is 0.301 e. The molecule has 1 fully saturated rings. The number of thiazole rings is 1. The Hall–Kier alpha value is -3.49. The molecule has 1 amide bonds. The van der Waals surface area contributed by atoms with E-state index >= 15 is 0 Å². The van der Waals surface area contributed by atoms with E-state index in [1.165, 1.54) is 16.2 Å². The molecule has 1 atom stereocenters. The van der Waals surface area contributed by atoms with Crippen LogP contribution in [-0.4, -0.2) is 28.9 Å². The van der Waals surface area contributed by atoms with E-state index in [0.717, 1.165) is 20.3 Å². The second-order valence-electron chi connectivity index (χ2n) is 7.92. The van der Waals surface area contributed by atoms with Gasteiger partial charge in [0.1, 0.15) is 11.5 Å². The number of carbonyl (C=O) groups excluding carboxylic acids is 2. The second kappa shape index (κ2) is 8.70. The van der Waals surface area contributed by atoms with E-state index in [4.69, 9.17) is 4.74 Å². The Morgan fingerprint density at radius 2 is 1.85 bits per heavy atom. The summed E-state index contributed by atoms with van der Waals surface area (Å²) in [6, 6.07) is 19.1. The molecule has 0 radical (unpaired) electrons. The molecular formula is C26H19BrN2O4S. The van der Waals surface area contributed by atoms with Crippen molar-refractivity contribution in [2.24, 2.45) is 0 Å². The lowest BCUT2D eigenvalue weighted by Crippen LogP contribution is -2.29. The van der Waals surface area contributed by atoms with Gasteiger partial charge in [0.05, 0.1) is 28.9 Å². The molecule has 1 N–H and O–H groups in total. The fourth-order valence-electron chi connectivity index (χ4n) is 4.05. The average molecular weight is 535 g/mol. The van der Waals surface area contributed by atoms with Gasteiger partial charge in [-0.15, -0.1) is 0 Å². The van der Waals surface area contributed by atoms with Crippen molar-refractivity contribution in [2.45, 2.75) is 13.0 Å². The van der Waals surface area contributed by atoms with E-state index in [2.05, 4.69) is 20.9 Å². The highest BCUT2D eigenvalue weighted by atomic mass is 79.9. The van der Waals surface area contributed by atoms with Gasteiger partial charge in [0.2, 0.25) is 0 Å². The Morgan fingerprint density at radius 1 is 1.09 bits per heavy atom. The van der Waals surface area contributed by atoms with Crippen molar-refractivity contribution < 1.29 is 19.4 Å². The zero-order valence-corrected chi connectivity index (χ0v) is 20.7. The van der Waals surface area contributed by atoms with E-state index in [9.17, 15) is 14.7 Å². The molecule has 3 aromatic carbocycles. The fraction of sp³-hybridized carbons (Fsp3) is 0.115. The van der Waals surface area contributed by atoms with Crippen LogP contribution in [-0.2, 0) is 9.59 Å². The summed E-state index contributed by atoms with van der Waals surface area (Å²) in [7, 11) is 1.55. The van der Waals surface area contributed by atoms with E-state index < -0.39 is 17.7 Å². The van der Waals surface area contributed by atoms with Gasteiger partial charge in [-0.2, -0.15) is 0 Å². The highest BCUT2D eigenvalue weighted by Crippen LogP contribution is 2.44. The number of hydrogen-bond donors (Lipinski definition) is 1. The maximum atomic E-state index is 13.3. The van der Waals surface area contributed by atoms with E-state index in [-0.39, 0.29) is 11.3 Å². The molecule has 170 valence electrons. The number of Topliss-reactive ketones (excluding diaryl/α,β-unsaturated/α-hetero) is 1. The first-order valence-electron chi connectivity index (χ1n) is 10.5. The summed E-state index contributed by atoms with van der Waals surface area (Å²) in [5, 5.41) is 11.6. The summed E-state index contributed by atoms with van der Waals surface area (Å²) in [4.78, 5) is 32.7. The van der Waals surface area contributed by atoms with Crippen LogP contribution in [0.1, 0.15) is 22.7 Å². The van der Waals surface area contributed by atoms with Crippen molar-refractivity contribution in [1.29, 1.82) is 0 Å². The smallest absolute Gasteiger partial charge is 0.301 e. The number of aryl methyl sites for hydroxylation is 1. The Kier molecular flexibility index (Phi) is 5.71. The molecule has 6 nitrogen and oxygen atoms in total. The Morgan fingerprint density at radius 3 is 2.56 bits per heavy atom. The maximum absolute atomic E-state index is 13.3. The van der Waals surface area contributed by atoms with Crippen LogP contribution >= 0.6 is 27.3 Å². The molecule has 1 aromatic heterocycles. The zero-order valence-electron chi connectivity index (χ0n) is 18.3. The number of ether oxygens (including phenoxy) is 1. The lowest BCUT2D eigenvalue weighted by molar-refractivity contribution is -0.132. The minimum atomic E-state index is -0.832. The third-order valence-electron chi connectivity index (χ3n) is 5.71. The van der Waals surface area contributed by atoms with Gasteiger partial charge in [0, 0.05) is 10.0 Å². The number of rotatable bonds is 4. The van der Waals surface area contributed by atoms with Crippen molar-refractivity contribution >= 4 is 60.1 Å². The molecule has 4 aromatic rings. The van der Waals surface area contributed by atoms with Gasteiger partial charge >= 0.3 is 5.91 Å². The number of aliphatic hydroxyl groups excluding tert-OH is 1. The largest absolute Gasteiger partial charge is 0.507 e. The molecule has 8 heteroatoms. The first kappa shape index (κ1) is 22.3. The van der Waals surface area contributed by atoms with Crippen molar-refractivity contribution in [3.8, 4) is 5.75 Å². The van der Waals surface area contributed by atoms with Crippen LogP contribution in [0.4, 0.5) is 5.13 Å². The molecule has 2 heterocycles. The minimum absolute atomic E-state index is 0.0173. The minimum Gasteiger partial charge on any atom is -0.507 e. The zero-order chi connectivity index (χ0) is 24.0. The van der Waals surface area contributed by atoms with Gasteiger partial charge in [0.15, 0.2) is 5.13 Å². The molecule has 0 aliphatic carbocycles. The average Bonchev–Trinajstić information content (AvgIpc) is 3.36. The van der Waals surface area contributed by atoms with Crippen LogP contribution in [0.3, 0.4) is 0 Å². The highest BCUT2D eigenvalue weighted by Gasteiger charge is 2.48. The molecule has 0 unspecified atom stereocenters. The number of carbonyl (C=O) groups is 2. The van der Waals surface area contributed by atoms with Gasteiger partial charge in [-0.3, -0.25) is 14.5 Å². The summed E-state index contributed by atoms with van der Waals surface area (Å²) in [6.07, 6.45) is 0. The molecule has 1 aliphatic heterocycles. The van der Waals surface area contributed by atoms with Crippen molar-refractivity contribution in [3.63, 3.8) is 0 Å². The summed E-state index contributed by atoms with van der Waals surface area (Å²) in [5.74, 6) is -1.11. The molecule has 0 saturated carbocycles. The van der Waals surface area contributed by atoms with Crippen molar-refractivity contribution in [2.75, 3.05) is 12.0 Å². The normalized spacial score (nSPS) is 17.5. The number of anilines is 1. The number of aliphatic hydroxyl groups is 1. The highest BCUT2D eigenvalue weighted by molar-refractivity contribution is 9.10. The standard InChI is InChI=1S/C26H19BrN2O4S/c1-14-6-11-19-20(12-14)34-26(28-19)29-22(16-4-3-5-17(27)13-16)21(24(31)25(29)32)23(30)15-7-9-18(33-2)10-8-15/h3-13,22,30H,1-2H3/t22-/m0/s1. The lowest BCUT2D eigenvalue weighted by Gasteiger charge is -2.23. The summed E-state index contributed by atoms with van der Waals surface area (Å²) in [6.45, 7) is 1.99. The quantitative estimate of drug-likeness (QED) is 0.197. The number of amides is 1. The number of benzene rings is 3. The summed E-state index contributed by atoms with van der Waals surface area (Å²) < 4.78 is 6.90. The number of hydrogen-bond acceptors (Lipinski definition) is 6. The van der Waals surface area contributed by atoms with Gasteiger partial charge in [-0.05, 0) is 66.6 Å². The van der Waals surface area contributed by atoms with E-state index in [1.807, 2.05) is 49.4 Å². The number of nitrogens with zero attached hydrogens (tertiary/aromatic N) is 2. The predicted octanol–water partition coefficient (Wildman–Crippen LogP) is 6.00. The fourth-order valence-corrected chi connectivity index (χ4v) is 5.56. The molecule has 34 heavy (non-hydrogen) atoms. The van der Waals surface area contributed by atoms with Crippen LogP contribution in [0.2, 0.25) is 0 Å².